The van der Waals surface area contributed by atoms with Gasteiger partial charge in [-0.3, -0.25) is 14.9 Å². The van der Waals surface area contributed by atoms with Gasteiger partial charge in [-0.15, -0.1) is 0 Å². The van der Waals surface area contributed by atoms with Crippen LogP contribution in [0.1, 0.15) is 17.5 Å². The predicted octanol–water partition coefficient (Wildman–Crippen LogP) is 1.44. The summed E-state index contributed by atoms with van der Waals surface area (Å²) in [7, 11) is 0. The summed E-state index contributed by atoms with van der Waals surface area (Å²) in [6, 6.07) is 4.41. The number of ether oxygens (including phenoxy) is 2. The molecule has 0 fully saturated rings. The fourth-order valence-corrected chi connectivity index (χ4v) is 1.95. The lowest BCUT2D eigenvalue weighted by Crippen LogP contribution is -2.24. The maximum Gasteiger partial charge on any atom is 0.275 e. The minimum absolute atomic E-state index is 0.147. The zero-order valence-corrected chi connectivity index (χ0v) is 14.2. The molecule has 0 aliphatic heterocycles. The van der Waals surface area contributed by atoms with Crippen LogP contribution in [-0.2, 0) is 27.4 Å². The van der Waals surface area contributed by atoms with Crippen molar-refractivity contribution in [2.75, 3.05) is 33.0 Å². The number of carbonyl (C=O) groups is 1. The van der Waals surface area contributed by atoms with Gasteiger partial charge in [-0.2, -0.15) is 0 Å². The van der Waals surface area contributed by atoms with Crippen molar-refractivity contribution in [3.05, 3.63) is 49.9 Å². The van der Waals surface area contributed by atoms with Gasteiger partial charge in [-0.1, -0.05) is 11.2 Å². The fraction of sp³-hybridized carbons (Fsp3) is 0.533. The number of rotatable bonds is 13. The molecule has 0 saturated carbocycles. The Balaban J connectivity index is 2.21. The smallest absolute Gasteiger partial charge is 0.275 e. The van der Waals surface area contributed by atoms with Crippen LogP contribution < -0.4 is 5.32 Å². The molecule has 0 saturated heterocycles. The van der Waals surface area contributed by atoms with E-state index in [0.29, 0.717) is 25.4 Å². The molecule has 1 aromatic rings. The average Bonchev–Trinajstić information content (AvgIpc) is 2.64. The van der Waals surface area contributed by atoms with Crippen molar-refractivity contribution in [2.45, 2.75) is 19.6 Å². The Morgan fingerprint density at radius 1 is 1.31 bits per heavy atom. The zero-order chi connectivity index (χ0) is 19.2. The number of azide groups is 1. The number of carbonyl (C=O) groups excluding carboxylic acids is 1. The molecule has 1 rings (SSSR count). The number of amides is 1. The van der Waals surface area contributed by atoms with E-state index in [4.69, 9.17) is 20.1 Å². The molecule has 142 valence electrons. The van der Waals surface area contributed by atoms with Gasteiger partial charge >= 0.3 is 0 Å². The number of nitro benzene ring substituents is 1. The minimum atomic E-state index is -0.570. The Labute approximate surface area is 149 Å². The first-order chi connectivity index (χ1) is 12.6. The van der Waals surface area contributed by atoms with Crippen molar-refractivity contribution in [3.8, 4) is 0 Å². The molecule has 0 unspecified atom stereocenters. The van der Waals surface area contributed by atoms with E-state index in [2.05, 4.69) is 15.3 Å². The van der Waals surface area contributed by atoms with Gasteiger partial charge in [-0.25, -0.2) is 0 Å². The van der Waals surface area contributed by atoms with Crippen molar-refractivity contribution in [1.82, 2.24) is 5.32 Å². The summed E-state index contributed by atoms with van der Waals surface area (Å²) in [5.41, 5.74) is 8.68. The number of aliphatic hydroxyl groups is 1. The molecule has 0 aliphatic carbocycles. The van der Waals surface area contributed by atoms with Gasteiger partial charge in [0.15, 0.2) is 0 Å². The molecule has 0 spiro atoms. The fourth-order valence-electron chi connectivity index (χ4n) is 1.95. The number of hydrogen-bond donors (Lipinski definition) is 2. The van der Waals surface area contributed by atoms with Crippen LogP contribution in [0.5, 0.6) is 0 Å². The molecule has 1 amide bonds. The van der Waals surface area contributed by atoms with Crippen molar-refractivity contribution in [1.29, 1.82) is 0 Å². The molecular formula is C15H21N5O6. The standard InChI is InChI=1S/C15H21N5O6/c16-19-18-4-6-26-8-7-25-5-3-15(22)17-10-12-1-2-13(11-21)14(9-12)20(23)24/h1-2,9,21H,3-8,10-11H2,(H,17,22). The summed E-state index contributed by atoms with van der Waals surface area (Å²) in [6.45, 7) is 1.17. The first kappa shape index (κ1) is 21.3. The van der Waals surface area contributed by atoms with Crippen LogP contribution in [0.3, 0.4) is 0 Å². The number of nitrogens with zero attached hydrogens (tertiary/aromatic N) is 4. The lowest BCUT2D eigenvalue weighted by atomic mass is 10.1. The van der Waals surface area contributed by atoms with Crippen LogP contribution in [0.2, 0.25) is 0 Å². The van der Waals surface area contributed by atoms with Crippen LogP contribution >= 0.6 is 0 Å². The predicted molar refractivity (Wildman–Crippen MR) is 91.1 cm³/mol. The molecule has 11 nitrogen and oxygen atoms in total. The Kier molecular flexibility index (Phi) is 10.3. The van der Waals surface area contributed by atoms with Crippen LogP contribution in [-0.4, -0.2) is 48.9 Å². The second kappa shape index (κ2) is 12.6. The quantitative estimate of drug-likeness (QED) is 0.134. The highest BCUT2D eigenvalue weighted by molar-refractivity contribution is 5.75. The topological polar surface area (TPSA) is 160 Å². The van der Waals surface area contributed by atoms with E-state index >= 15 is 0 Å². The molecule has 0 bridgehead atoms. The second-order valence-electron chi connectivity index (χ2n) is 5.08. The summed E-state index contributed by atoms with van der Waals surface area (Å²) in [6.07, 6.45) is 0.148. The normalized spacial score (nSPS) is 10.2. The van der Waals surface area contributed by atoms with Gasteiger partial charge < -0.3 is 19.9 Å². The third-order valence-corrected chi connectivity index (χ3v) is 3.25. The third-order valence-electron chi connectivity index (χ3n) is 3.25. The highest BCUT2D eigenvalue weighted by atomic mass is 16.6. The summed E-state index contributed by atoms with van der Waals surface area (Å²) in [5.74, 6) is -0.247. The number of hydrogen-bond acceptors (Lipinski definition) is 7. The van der Waals surface area contributed by atoms with E-state index in [0.717, 1.165) is 0 Å². The van der Waals surface area contributed by atoms with Gasteiger partial charge in [0, 0.05) is 30.5 Å². The van der Waals surface area contributed by atoms with E-state index in [1.165, 1.54) is 12.1 Å². The number of nitro groups is 1. The number of nitrogens with one attached hydrogen (secondary N) is 1. The van der Waals surface area contributed by atoms with E-state index in [1.807, 2.05) is 0 Å². The van der Waals surface area contributed by atoms with Gasteiger partial charge in [0.1, 0.15) is 0 Å². The summed E-state index contributed by atoms with van der Waals surface area (Å²) < 4.78 is 10.4. The van der Waals surface area contributed by atoms with Crippen LogP contribution in [0.25, 0.3) is 10.4 Å². The first-order valence-electron chi connectivity index (χ1n) is 7.88. The number of benzene rings is 1. The largest absolute Gasteiger partial charge is 0.391 e. The molecule has 2 N–H and O–H groups in total. The molecule has 26 heavy (non-hydrogen) atoms. The van der Waals surface area contributed by atoms with Crippen LogP contribution in [0, 0.1) is 10.1 Å². The van der Waals surface area contributed by atoms with E-state index in [1.54, 1.807) is 6.07 Å². The molecule has 0 radical (unpaired) electrons. The highest BCUT2D eigenvalue weighted by Crippen LogP contribution is 2.20. The maximum absolute atomic E-state index is 11.7. The Bertz CT molecular complexity index is 647. The van der Waals surface area contributed by atoms with Gasteiger partial charge in [-0.05, 0) is 17.2 Å². The highest BCUT2D eigenvalue weighted by Gasteiger charge is 2.14. The minimum Gasteiger partial charge on any atom is -0.391 e. The first-order valence-corrected chi connectivity index (χ1v) is 7.88. The molecular weight excluding hydrogens is 346 g/mol. The second-order valence-corrected chi connectivity index (χ2v) is 5.08. The van der Waals surface area contributed by atoms with Gasteiger partial charge in [0.25, 0.3) is 5.69 Å². The summed E-state index contributed by atoms with van der Waals surface area (Å²) >= 11 is 0. The average molecular weight is 367 g/mol. The lowest BCUT2D eigenvalue weighted by Gasteiger charge is -2.08. The molecule has 1 aromatic carbocycles. The monoisotopic (exact) mass is 367 g/mol. The van der Waals surface area contributed by atoms with Crippen molar-refractivity contribution in [3.63, 3.8) is 0 Å². The van der Waals surface area contributed by atoms with E-state index in [-0.39, 0.29) is 43.3 Å². The zero-order valence-electron chi connectivity index (χ0n) is 14.2. The molecule has 0 atom stereocenters. The summed E-state index contributed by atoms with van der Waals surface area (Å²) in [5, 5.41) is 26.0. The van der Waals surface area contributed by atoms with Crippen molar-refractivity contribution in [2.24, 2.45) is 5.11 Å². The van der Waals surface area contributed by atoms with Gasteiger partial charge in [0.05, 0.1) is 43.5 Å². The third kappa shape index (κ3) is 8.40. The Hall–Kier alpha value is -2.72. The Morgan fingerprint density at radius 2 is 2.04 bits per heavy atom. The molecule has 0 aliphatic rings. The SMILES string of the molecule is [N-]=[N+]=NCCOCCOCCC(=O)NCc1ccc(CO)c([N+](=O)[O-])c1. The molecule has 11 heteroatoms. The Morgan fingerprint density at radius 3 is 2.69 bits per heavy atom. The van der Waals surface area contributed by atoms with Crippen molar-refractivity contribution < 1.29 is 24.3 Å². The van der Waals surface area contributed by atoms with Gasteiger partial charge in [0.2, 0.25) is 5.91 Å². The van der Waals surface area contributed by atoms with E-state index < -0.39 is 11.5 Å². The molecule has 0 aromatic heterocycles. The van der Waals surface area contributed by atoms with Crippen LogP contribution in [0.15, 0.2) is 23.3 Å². The lowest BCUT2D eigenvalue weighted by molar-refractivity contribution is -0.385. The van der Waals surface area contributed by atoms with Crippen molar-refractivity contribution >= 4 is 11.6 Å². The molecule has 0 heterocycles. The number of aliphatic hydroxyl groups excluding tert-OH is 1. The maximum atomic E-state index is 11.7. The van der Waals surface area contributed by atoms with E-state index in [9.17, 15) is 14.9 Å². The van der Waals surface area contributed by atoms with Crippen LogP contribution in [0.4, 0.5) is 5.69 Å². The summed E-state index contributed by atoms with van der Waals surface area (Å²) in [4.78, 5) is 24.7.